The fourth-order valence-corrected chi connectivity index (χ4v) is 3.26. The molecule has 2 aromatic rings. The molecule has 8 heteroatoms. The van der Waals surface area contributed by atoms with Gasteiger partial charge in [-0.15, -0.1) is 0 Å². The fourth-order valence-electron chi connectivity index (χ4n) is 3.26. The Labute approximate surface area is 150 Å². The van der Waals surface area contributed by atoms with Gasteiger partial charge in [-0.2, -0.15) is 0 Å². The molecule has 136 valence electrons. The summed E-state index contributed by atoms with van der Waals surface area (Å²) in [6.45, 7) is 1.61. The van der Waals surface area contributed by atoms with E-state index in [0.29, 0.717) is 6.54 Å². The van der Waals surface area contributed by atoms with Gasteiger partial charge in [-0.3, -0.25) is 20.2 Å². The third kappa shape index (κ3) is 4.08. The Hall–Kier alpha value is -3.16. The van der Waals surface area contributed by atoms with Crippen LogP contribution >= 0.6 is 0 Å². The number of nitrogens with zero attached hydrogens (tertiary/aromatic N) is 3. The maximum atomic E-state index is 10.8. The van der Waals surface area contributed by atoms with E-state index in [-0.39, 0.29) is 17.4 Å². The van der Waals surface area contributed by atoms with Gasteiger partial charge in [0.05, 0.1) is 9.85 Å². The van der Waals surface area contributed by atoms with Gasteiger partial charge in [0.1, 0.15) is 0 Å². The highest BCUT2D eigenvalue weighted by Gasteiger charge is 2.23. The summed E-state index contributed by atoms with van der Waals surface area (Å²) in [7, 11) is 0. The molecular weight excluding hydrogens is 336 g/mol. The summed E-state index contributed by atoms with van der Waals surface area (Å²) in [5.41, 5.74) is 1.97. The van der Waals surface area contributed by atoms with Crippen LogP contribution in [0.3, 0.4) is 0 Å². The van der Waals surface area contributed by atoms with Crippen molar-refractivity contribution in [3.8, 4) is 0 Å². The first-order valence-corrected chi connectivity index (χ1v) is 8.54. The quantitative estimate of drug-likeness (QED) is 0.620. The summed E-state index contributed by atoms with van der Waals surface area (Å²) >= 11 is 0. The molecule has 2 aromatic carbocycles. The van der Waals surface area contributed by atoms with Gasteiger partial charge in [-0.25, -0.2) is 0 Å². The molecule has 1 aliphatic heterocycles. The number of hydrogen-bond acceptors (Lipinski definition) is 6. The maximum absolute atomic E-state index is 10.8. The number of nitro benzene ring substituents is 2. The van der Waals surface area contributed by atoms with Crippen molar-refractivity contribution in [1.82, 2.24) is 0 Å². The third-order valence-corrected chi connectivity index (χ3v) is 4.64. The molecular formula is C18H20N4O4. The second-order valence-corrected chi connectivity index (χ2v) is 6.30. The van der Waals surface area contributed by atoms with E-state index in [1.165, 1.54) is 24.3 Å². The monoisotopic (exact) mass is 356 g/mol. The topological polar surface area (TPSA) is 102 Å². The van der Waals surface area contributed by atoms with E-state index in [1.807, 2.05) is 0 Å². The van der Waals surface area contributed by atoms with Crippen LogP contribution in [0.15, 0.2) is 48.5 Å². The van der Waals surface area contributed by atoms with Crippen LogP contribution in [-0.4, -0.2) is 29.0 Å². The van der Waals surface area contributed by atoms with E-state index < -0.39 is 9.85 Å². The van der Waals surface area contributed by atoms with Gasteiger partial charge in [0.25, 0.3) is 11.4 Å². The van der Waals surface area contributed by atoms with Crippen molar-refractivity contribution in [1.29, 1.82) is 0 Å². The standard InChI is InChI=1S/C18H20N4O4/c23-21(24)16-6-4-14(5-7-16)19-13-18-3-1-2-12-20(18)15-8-10-17(11-9-15)22(25)26/h4-11,18-19H,1-3,12-13H2. The lowest BCUT2D eigenvalue weighted by atomic mass is 10.0. The van der Waals surface area contributed by atoms with Crippen LogP contribution in [0.1, 0.15) is 19.3 Å². The molecule has 1 unspecified atom stereocenters. The van der Waals surface area contributed by atoms with E-state index in [2.05, 4.69) is 10.2 Å². The van der Waals surface area contributed by atoms with Crippen molar-refractivity contribution in [2.45, 2.75) is 25.3 Å². The molecule has 0 aromatic heterocycles. The van der Waals surface area contributed by atoms with Crippen LogP contribution in [0.5, 0.6) is 0 Å². The smallest absolute Gasteiger partial charge is 0.269 e. The minimum absolute atomic E-state index is 0.0701. The minimum Gasteiger partial charge on any atom is -0.383 e. The molecule has 26 heavy (non-hydrogen) atoms. The average molecular weight is 356 g/mol. The lowest BCUT2D eigenvalue weighted by molar-refractivity contribution is -0.385. The summed E-state index contributed by atoms with van der Waals surface area (Å²) in [4.78, 5) is 23.0. The summed E-state index contributed by atoms with van der Waals surface area (Å²) < 4.78 is 0. The van der Waals surface area contributed by atoms with E-state index in [1.54, 1.807) is 24.3 Å². The average Bonchev–Trinajstić information content (AvgIpc) is 2.67. The number of anilines is 2. The van der Waals surface area contributed by atoms with Crippen molar-refractivity contribution in [3.05, 3.63) is 68.8 Å². The second kappa shape index (κ2) is 7.81. The Morgan fingerprint density at radius 3 is 2.08 bits per heavy atom. The van der Waals surface area contributed by atoms with Crippen LogP contribution < -0.4 is 10.2 Å². The van der Waals surface area contributed by atoms with Crippen LogP contribution in [-0.2, 0) is 0 Å². The van der Waals surface area contributed by atoms with Crippen molar-refractivity contribution in [2.24, 2.45) is 0 Å². The summed E-state index contributed by atoms with van der Waals surface area (Å²) in [6.07, 6.45) is 3.25. The molecule has 1 aliphatic rings. The van der Waals surface area contributed by atoms with E-state index in [0.717, 1.165) is 37.2 Å². The van der Waals surface area contributed by atoms with Crippen LogP contribution in [0.2, 0.25) is 0 Å². The minimum atomic E-state index is -0.415. The van der Waals surface area contributed by atoms with Gasteiger partial charge in [-0.1, -0.05) is 0 Å². The van der Waals surface area contributed by atoms with Crippen molar-refractivity contribution < 1.29 is 9.85 Å². The SMILES string of the molecule is O=[N+]([O-])c1ccc(NCC2CCCCN2c2ccc([N+](=O)[O-])cc2)cc1. The Morgan fingerprint density at radius 2 is 1.50 bits per heavy atom. The van der Waals surface area contributed by atoms with Gasteiger partial charge >= 0.3 is 0 Å². The zero-order valence-electron chi connectivity index (χ0n) is 14.2. The van der Waals surface area contributed by atoms with Crippen LogP contribution in [0.4, 0.5) is 22.7 Å². The molecule has 8 nitrogen and oxygen atoms in total. The number of nitrogens with one attached hydrogen (secondary N) is 1. The highest BCUT2D eigenvalue weighted by molar-refractivity contribution is 5.53. The molecule has 0 amide bonds. The first-order chi connectivity index (χ1) is 12.5. The normalized spacial score (nSPS) is 16.9. The third-order valence-electron chi connectivity index (χ3n) is 4.64. The molecule has 0 bridgehead atoms. The number of benzene rings is 2. The fraction of sp³-hybridized carbons (Fsp3) is 0.333. The van der Waals surface area contributed by atoms with E-state index in [4.69, 9.17) is 0 Å². The van der Waals surface area contributed by atoms with Crippen molar-refractivity contribution in [3.63, 3.8) is 0 Å². The Balaban J connectivity index is 1.66. The molecule has 3 rings (SSSR count). The largest absolute Gasteiger partial charge is 0.383 e. The summed E-state index contributed by atoms with van der Waals surface area (Å²) in [5, 5.41) is 24.9. The van der Waals surface area contributed by atoms with E-state index >= 15 is 0 Å². The predicted molar refractivity (Wildman–Crippen MR) is 99.7 cm³/mol. The molecule has 0 spiro atoms. The molecule has 1 saturated heterocycles. The summed E-state index contributed by atoms with van der Waals surface area (Å²) in [6, 6.07) is 13.3. The molecule has 0 saturated carbocycles. The molecule has 1 heterocycles. The van der Waals surface area contributed by atoms with Gasteiger partial charge in [-0.05, 0) is 43.5 Å². The van der Waals surface area contributed by atoms with E-state index in [9.17, 15) is 20.2 Å². The number of hydrogen-bond donors (Lipinski definition) is 1. The zero-order valence-corrected chi connectivity index (χ0v) is 14.2. The Morgan fingerprint density at radius 1 is 0.923 bits per heavy atom. The molecule has 0 radical (unpaired) electrons. The first-order valence-electron chi connectivity index (χ1n) is 8.54. The number of non-ortho nitro benzene ring substituents is 2. The second-order valence-electron chi connectivity index (χ2n) is 6.30. The zero-order chi connectivity index (χ0) is 18.5. The van der Waals surface area contributed by atoms with Crippen LogP contribution in [0, 0.1) is 20.2 Å². The first kappa shape index (κ1) is 17.7. The molecule has 0 aliphatic carbocycles. The van der Waals surface area contributed by atoms with Gasteiger partial charge < -0.3 is 10.2 Å². The van der Waals surface area contributed by atoms with Crippen molar-refractivity contribution in [2.75, 3.05) is 23.3 Å². The van der Waals surface area contributed by atoms with Gasteiger partial charge in [0.15, 0.2) is 0 Å². The predicted octanol–water partition coefficient (Wildman–Crippen LogP) is 3.97. The summed E-state index contributed by atoms with van der Waals surface area (Å²) in [5.74, 6) is 0. The van der Waals surface area contributed by atoms with Crippen LogP contribution in [0.25, 0.3) is 0 Å². The molecule has 1 N–H and O–H groups in total. The maximum Gasteiger partial charge on any atom is 0.269 e. The number of rotatable bonds is 6. The highest BCUT2D eigenvalue weighted by atomic mass is 16.6. The lowest BCUT2D eigenvalue weighted by Gasteiger charge is -2.38. The number of nitro groups is 2. The Bertz CT molecular complexity index is 777. The highest BCUT2D eigenvalue weighted by Crippen LogP contribution is 2.27. The molecule has 1 fully saturated rings. The Kier molecular flexibility index (Phi) is 5.31. The van der Waals surface area contributed by atoms with Gasteiger partial charge in [0, 0.05) is 54.8 Å². The van der Waals surface area contributed by atoms with Crippen molar-refractivity contribution >= 4 is 22.7 Å². The molecule has 1 atom stereocenters. The number of piperidine rings is 1. The lowest BCUT2D eigenvalue weighted by Crippen LogP contribution is -2.43. The van der Waals surface area contributed by atoms with Gasteiger partial charge in [0.2, 0.25) is 0 Å².